The number of hydrogen-bond acceptors (Lipinski definition) is 1. The van der Waals surface area contributed by atoms with E-state index < -0.39 is 0 Å². The monoisotopic (exact) mass is 210 g/mol. The molecule has 4 atom stereocenters. The summed E-state index contributed by atoms with van der Waals surface area (Å²) in [5.41, 5.74) is 0. The molecule has 1 nitrogen and oxygen atoms in total. The molecule has 0 heterocycles. The summed E-state index contributed by atoms with van der Waals surface area (Å²) in [7, 11) is 0. The number of aldehydes is 1. The molecule has 1 aliphatic carbocycles. The minimum absolute atomic E-state index is 0.237. The van der Waals surface area contributed by atoms with Crippen molar-refractivity contribution in [2.75, 3.05) is 0 Å². The summed E-state index contributed by atoms with van der Waals surface area (Å²) in [6.45, 7) is 8.99. The molecule has 1 saturated carbocycles. The molecule has 88 valence electrons. The van der Waals surface area contributed by atoms with Gasteiger partial charge in [-0.3, -0.25) is 0 Å². The Labute approximate surface area is 94.6 Å². The minimum atomic E-state index is 0.237. The maximum absolute atomic E-state index is 10.8. The Kier molecular flexibility index (Phi) is 4.82. The van der Waals surface area contributed by atoms with Gasteiger partial charge < -0.3 is 4.79 Å². The number of hydrogen-bond donors (Lipinski definition) is 0. The van der Waals surface area contributed by atoms with Gasteiger partial charge in [0, 0.05) is 5.92 Å². The molecule has 0 N–H and O–H groups in total. The average molecular weight is 210 g/mol. The zero-order chi connectivity index (χ0) is 11.4. The maximum atomic E-state index is 10.8. The molecule has 0 bridgehead atoms. The fourth-order valence-electron chi connectivity index (χ4n) is 2.90. The highest BCUT2D eigenvalue weighted by Crippen LogP contribution is 2.39. The third-order valence-electron chi connectivity index (χ3n) is 4.49. The topological polar surface area (TPSA) is 17.1 Å². The van der Waals surface area contributed by atoms with E-state index in [1.807, 2.05) is 0 Å². The maximum Gasteiger partial charge on any atom is 0.123 e. The van der Waals surface area contributed by atoms with Gasteiger partial charge in [0.05, 0.1) is 0 Å². The van der Waals surface area contributed by atoms with E-state index in [1.54, 1.807) is 0 Å². The zero-order valence-electron chi connectivity index (χ0n) is 10.7. The molecular weight excluding hydrogens is 184 g/mol. The van der Waals surface area contributed by atoms with Crippen molar-refractivity contribution in [2.45, 2.75) is 53.4 Å². The summed E-state index contributed by atoms with van der Waals surface area (Å²) >= 11 is 0. The highest BCUT2D eigenvalue weighted by molar-refractivity contribution is 5.53. The molecule has 0 amide bonds. The Balaban J connectivity index is 2.51. The van der Waals surface area contributed by atoms with Gasteiger partial charge in [0.2, 0.25) is 0 Å². The van der Waals surface area contributed by atoms with E-state index in [4.69, 9.17) is 0 Å². The second kappa shape index (κ2) is 5.67. The van der Waals surface area contributed by atoms with Gasteiger partial charge >= 0.3 is 0 Å². The van der Waals surface area contributed by atoms with Crippen LogP contribution in [0.4, 0.5) is 0 Å². The SMILES string of the molecule is CC(C)C1CCCC(C(C)C(C)C=O)C1. The fraction of sp³-hybridized carbons (Fsp3) is 0.929. The largest absolute Gasteiger partial charge is 0.303 e. The van der Waals surface area contributed by atoms with Crippen LogP contribution in [-0.4, -0.2) is 6.29 Å². The van der Waals surface area contributed by atoms with Gasteiger partial charge in [-0.1, -0.05) is 47.0 Å². The predicted octanol–water partition coefficient (Wildman–Crippen LogP) is 3.92. The fourth-order valence-corrected chi connectivity index (χ4v) is 2.90. The number of carbonyl (C=O) groups is 1. The van der Waals surface area contributed by atoms with Crippen molar-refractivity contribution < 1.29 is 4.79 Å². The summed E-state index contributed by atoms with van der Waals surface area (Å²) in [6.07, 6.45) is 6.57. The van der Waals surface area contributed by atoms with Gasteiger partial charge in [0.25, 0.3) is 0 Å². The third kappa shape index (κ3) is 3.32. The standard InChI is InChI=1S/C14H26O/c1-10(2)13-6-5-7-14(8-13)12(4)11(3)9-15/h9-14H,5-8H2,1-4H3. The van der Waals surface area contributed by atoms with Crippen LogP contribution in [-0.2, 0) is 4.79 Å². The second-order valence-corrected chi connectivity index (χ2v) is 5.79. The second-order valence-electron chi connectivity index (χ2n) is 5.79. The van der Waals surface area contributed by atoms with Crippen molar-refractivity contribution in [3.05, 3.63) is 0 Å². The lowest BCUT2D eigenvalue weighted by atomic mass is 9.69. The van der Waals surface area contributed by atoms with Crippen LogP contribution in [0.15, 0.2) is 0 Å². The van der Waals surface area contributed by atoms with E-state index in [1.165, 1.54) is 25.7 Å². The van der Waals surface area contributed by atoms with Gasteiger partial charge in [0.1, 0.15) is 6.29 Å². The number of rotatable bonds is 4. The summed E-state index contributed by atoms with van der Waals surface area (Å²) in [6, 6.07) is 0. The quantitative estimate of drug-likeness (QED) is 0.643. The summed E-state index contributed by atoms with van der Waals surface area (Å²) in [4.78, 5) is 10.8. The molecule has 0 spiro atoms. The van der Waals surface area contributed by atoms with Crippen LogP contribution >= 0.6 is 0 Å². The summed E-state index contributed by atoms with van der Waals surface area (Å²) in [5.74, 6) is 3.30. The van der Waals surface area contributed by atoms with E-state index in [0.717, 1.165) is 24.0 Å². The van der Waals surface area contributed by atoms with Crippen LogP contribution in [0.2, 0.25) is 0 Å². The van der Waals surface area contributed by atoms with Gasteiger partial charge in [-0.25, -0.2) is 0 Å². The molecule has 1 heteroatoms. The van der Waals surface area contributed by atoms with Crippen molar-refractivity contribution >= 4 is 6.29 Å². The lowest BCUT2D eigenvalue weighted by Crippen LogP contribution is -2.27. The first-order chi connectivity index (χ1) is 7.06. The summed E-state index contributed by atoms with van der Waals surface area (Å²) < 4.78 is 0. The molecule has 0 radical (unpaired) electrons. The molecule has 1 fully saturated rings. The van der Waals surface area contributed by atoms with Gasteiger partial charge in [0.15, 0.2) is 0 Å². The first-order valence-corrected chi connectivity index (χ1v) is 6.51. The van der Waals surface area contributed by atoms with Crippen molar-refractivity contribution in [2.24, 2.45) is 29.6 Å². The molecule has 15 heavy (non-hydrogen) atoms. The third-order valence-corrected chi connectivity index (χ3v) is 4.49. The van der Waals surface area contributed by atoms with Crippen LogP contribution in [0, 0.1) is 29.6 Å². The Morgan fingerprint density at radius 2 is 1.67 bits per heavy atom. The van der Waals surface area contributed by atoms with Crippen LogP contribution < -0.4 is 0 Å². The first-order valence-electron chi connectivity index (χ1n) is 6.51. The number of carbonyl (C=O) groups excluding carboxylic acids is 1. The molecule has 0 saturated heterocycles. The Hall–Kier alpha value is -0.330. The molecule has 0 aromatic rings. The van der Waals surface area contributed by atoms with Crippen LogP contribution in [0.3, 0.4) is 0 Å². The minimum Gasteiger partial charge on any atom is -0.303 e. The Morgan fingerprint density at radius 3 is 2.20 bits per heavy atom. The Morgan fingerprint density at radius 1 is 1.07 bits per heavy atom. The van der Waals surface area contributed by atoms with E-state index in [9.17, 15) is 4.79 Å². The molecule has 0 aliphatic heterocycles. The normalized spacial score (nSPS) is 31.3. The molecule has 1 aliphatic rings. The van der Waals surface area contributed by atoms with Crippen molar-refractivity contribution in [1.29, 1.82) is 0 Å². The molecular formula is C14H26O. The predicted molar refractivity (Wildman–Crippen MR) is 64.7 cm³/mol. The van der Waals surface area contributed by atoms with Gasteiger partial charge in [-0.15, -0.1) is 0 Å². The van der Waals surface area contributed by atoms with Gasteiger partial charge in [-0.05, 0) is 30.1 Å². The highest BCUT2D eigenvalue weighted by Gasteiger charge is 2.29. The van der Waals surface area contributed by atoms with Crippen LogP contribution in [0.1, 0.15) is 53.4 Å². The van der Waals surface area contributed by atoms with E-state index in [0.29, 0.717) is 5.92 Å². The van der Waals surface area contributed by atoms with E-state index in [-0.39, 0.29) is 5.92 Å². The van der Waals surface area contributed by atoms with E-state index >= 15 is 0 Å². The van der Waals surface area contributed by atoms with E-state index in [2.05, 4.69) is 27.7 Å². The lowest BCUT2D eigenvalue weighted by molar-refractivity contribution is -0.112. The molecule has 0 aromatic heterocycles. The smallest absolute Gasteiger partial charge is 0.123 e. The summed E-state index contributed by atoms with van der Waals surface area (Å²) in [5, 5.41) is 0. The Bertz CT molecular complexity index is 198. The van der Waals surface area contributed by atoms with Crippen molar-refractivity contribution in [1.82, 2.24) is 0 Å². The van der Waals surface area contributed by atoms with Crippen LogP contribution in [0.25, 0.3) is 0 Å². The highest BCUT2D eigenvalue weighted by atomic mass is 16.1. The molecule has 0 aromatic carbocycles. The van der Waals surface area contributed by atoms with Gasteiger partial charge in [-0.2, -0.15) is 0 Å². The van der Waals surface area contributed by atoms with Crippen LogP contribution in [0.5, 0.6) is 0 Å². The molecule has 4 unspecified atom stereocenters. The first kappa shape index (κ1) is 12.7. The van der Waals surface area contributed by atoms with Crippen molar-refractivity contribution in [3.63, 3.8) is 0 Å². The average Bonchev–Trinajstić information content (AvgIpc) is 2.27. The van der Waals surface area contributed by atoms with Crippen molar-refractivity contribution in [3.8, 4) is 0 Å². The molecule has 1 rings (SSSR count). The lowest BCUT2D eigenvalue weighted by Gasteiger charge is -2.36. The zero-order valence-corrected chi connectivity index (χ0v) is 10.7.